The zero-order valence-corrected chi connectivity index (χ0v) is 7.16. The molecule has 0 atom stereocenters. The van der Waals surface area contributed by atoms with Crippen molar-refractivity contribution in [3.05, 3.63) is 34.9 Å². The van der Waals surface area contributed by atoms with Crippen LogP contribution in [0, 0.1) is 30.1 Å². The predicted octanol–water partition coefficient (Wildman–Crippen LogP) is 1.42. The lowest BCUT2D eigenvalue weighted by Crippen LogP contribution is -1.83. The van der Waals surface area contributed by atoms with Crippen LogP contribution in [0.25, 0.3) is 0 Å². The highest BCUT2D eigenvalue weighted by Gasteiger charge is 1.95. The number of hydrogen-bond donors (Lipinski definition) is 0. The van der Waals surface area contributed by atoms with Crippen LogP contribution in [-0.4, -0.2) is 6.29 Å². The Balaban J connectivity index is 3.14. The normalized spacial score (nSPS) is 8.00. The Kier molecular flexibility index (Phi) is 2.84. The van der Waals surface area contributed by atoms with Gasteiger partial charge in [0.1, 0.15) is 0 Å². The van der Waals surface area contributed by atoms with Crippen LogP contribution in [0.1, 0.15) is 16.7 Å². The topological polar surface area (TPSA) is 40.9 Å². The number of aldehydes is 1. The number of carbonyl (C=O) groups excluding carboxylic acids is 1. The lowest BCUT2D eigenvalue weighted by molar-refractivity contribution is -0.103. The molecule has 1 aromatic carbocycles. The molecular weight excluding hydrogens is 162 g/mol. The number of nitrogens with zero attached hydrogens (tertiary/aromatic N) is 1. The largest absolute Gasteiger partial charge is 0.289 e. The van der Waals surface area contributed by atoms with E-state index in [1.807, 2.05) is 13.0 Å². The summed E-state index contributed by atoms with van der Waals surface area (Å²) < 4.78 is 0. The molecule has 0 fully saturated rings. The van der Waals surface area contributed by atoms with Crippen molar-refractivity contribution in [1.29, 1.82) is 5.26 Å². The third-order valence-electron chi connectivity index (χ3n) is 1.62. The van der Waals surface area contributed by atoms with Crippen molar-refractivity contribution in [3.63, 3.8) is 0 Å². The van der Waals surface area contributed by atoms with Crippen LogP contribution in [0.5, 0.6) is 0 Å². The fourth-order valence-corrected chi connectivity index (χ4v) is 0.981. The molecule has 0 aliphatic heterocycles. The van der Waals surface area contributed by atoms with E-state index in [-0.39, 0.29) is 0 Å². The van der Waals surface area contributed by atoms with Crippen molar-refractivity contribution in [3.8, 4) is 17.9 Å². The van der Waals surface area contributed by atoms with E-state index in [9.17, 15) is 4.79 Å². The molecule has 0 saturated heterocycles. The Bertz CT molecular complexity index is 430. The van der Waals surface area contributed by atoms with Crippen LogP contribution < -0.4 is 0 Å². The molecule has 0 spiro atoms. The number of aryl methyl sites for hydroxylation is 1. The van der Waals surface area contributed by atoms with Crippen LogP contribution in [0.3, 0.4) is 0 Å². The summed E-state index contributed by atoms with van der Waals surface area (Å²) in [4.78, 5) is 9.99. The summed E-state index contributed by atoms with van der Waals surface area (Å²) in [7, 11) is 0. The molecular formula is C11H7NO. The average Bonchev–Trinajstić information content (AvgIpc) is 2.16. The van der Waals surface area contributed by atoms with Crippen LogP contribution in [0.2, 0.25) is 0 Å². The average molecular weight is 169 g/mol. The van der Waals surface area contributed by atoms with Gasteiger partial charge < -0.3 is 0 Å². The Morgan fingerprint density at radius 2 is 2.23 bits per heavy atom. The molecule has 0 amide bonds. The standard InChI is InChI=1S/C11H7NO/c1-9-7-10(8-12)4-5-11(9)3-2-6-13/h4-7H,1H3. The van der Waals surface area contributed by atoms with Gasteiger partial charge in [0.25, 0.3) is 0 Å². The van der Waals surface area contributed by atoms with Crippen molar-refractivity contribution < 1.29 is 4.79 Å². The molecule has 0 aliphatic rings. The molecule has 2 heteroatoms. The summed E-state index contributed by atoms with van der Waals surface area (Å²) >= 11 is 0. The molecule has 1 rings (SSSR count). The van der Waals surface area contributed by atoms with Crippen LogP contribution in [0.4, 0.5) is 0 Å². The molecule has 0 aliphatic carbocycles. The third kappa shape index (κ3) is 2.18. The van der Waals surface area contributed by atoms with E-state index < -0.39 is 0 Å². The zero-order chi connectivity index (χ0) is 9.68. The summed E-state index contributed by atoms with van der Waals surface area (Å²) in [5, 5.41) is 8.59. The van der Waals surface area contributed by atoms with Crippen LogP contribution in [-0.2, 0) is 4.79 Å². The SMILES string of the molecule is Cc1cc(C#N)ccc1C#CC=O. The van der Waals surface area contributed by atoms with Gasteiger partial charge in [-0.25, -0.2) is 0 Å². The first-order chi connectivity index (χ1) is 6.27. The fourth-order valence-electron chi connectivity index (χ4n) is 0.981. The molecule has 0 saturated carbocycles. The maximum Gasteiger partial charge on any atom is 0.193 e. The molecule has 1 aromatic rings. The molecule has 0 heterocycles. The van der Waals surface area contributed by atoms with Gasteiger partial charge in [0.05, 0.1) is 11.6 Å². The Morgan fingerprint density at radius 1 is 1.46 bits per heavy atom. The van der Waals surface area contributed by atoms with E-state index in [2.05, 4.69) is 11.8 Å². The molecule has 13 heavy (non-hydrogen) atoms. The predicted molar refractivity (Wildman–Crippen MR) is 48.8 cm³/mol. The molecule has 0 radical (unpaired) electrons. The highest BCUT2D eigenvalue weighted by molar-refractivity contribution is 5.74. The first-order valence-corrected chi connectivity index (χ1v) is 3.74. The number of carbonyl (C=O) groups is 1. The van der Waals surface area contributed by atoms with E-state index in [0.717, 1.165) is 11.1 Å². The van der Waals surface area contributed by atoms with Gasteiger partial charge in [-0.15, -0.1) is 0 Å². The summed E-state index contributed by atoms with van der Waals surface area (Å²) in [6.45, 7) is 1.86. The van der Waals surface area contributed by atoms with Crippen LogP contribution >= 0.6 is 0 Å². The molecule has 2 nitrogen and oxygen atoms in total. The second-order valence-electron chi connectivity index (χ2n) is 2.53. The third-order valence-corrected chi connectivity index (χ3v) is 1.62. The van der Waals surface area contributed by atoms with E-state index in [0.29, 0.717) is 11.8 Å². The maximum absolute atomic E-state index is 9.99. The minimum atomic E-state index is 0.553. The Hall–Kier alpha value is -2.06. The van der Waals surface area contributed by atoms with E-state index in [4.69, 9.17) is 5.26 Å². The van der Waals surface area contributed by atoms with Gasteiger partial charge in [-0.1, -0.05) is 5.92 Å². The quantitative estimate of drug-likeness (QED) is 0.435. The summed E-state index contributed by atoms with van der Waals surface area (Å²) in [6, 6.07) is 7.20. The van der Waals surface area contributed by atoms with Crippen molar-refractivity contribution >= 4 is 6.29 Å². The fraction of sp³-hybridized carbons (Fsp3) is 0.0909. The second-order valence-corrected chi connectivity index (χ2v) is 2.53. The zero-order valence-electron chi connectivity index (χ0n) is 7.16. The first-order valence-electron chi connectivity index (χ1n) is 3.74. The van der Waals surface area contributed by atoms with Crippen LogP contribution in [0.15, 0.2) is 18.2 Å². The summed E-state index contributed by atoms with van der Waals surface area (Å²) in [6.07, 6.45) is 0.553. The van der Waals surface area contributed by atoms with Gasteiger partial charge >= 0.3 is 0 Å². The lowest BCUT2D eigenvalue weighted by Gasteiger charge is -1.96. The smallest absolute Gasteiger partial charge is 0.193 e. The highest BCUT2D eigenvalue weighted by Crippen LogP contribution is 2.08. The minimum absolute atomic E-state index is 0.553. The molecule has 62 valence electrons. The monoisotopic (exact) mass is 169 g/mol. The first kappa shape index (κ1) is 9.03. The van der Waals surface area contributed by atoms with Crippen molar-refractivity contribution in [1.82, 2.24) is 0 Å². The van der Waals surface area contributed by atoms with E-state index >= 15 is 0 Å². The Morgan fingerprint density at radius 3 is 2.77 bits per heavy atom. The van der Waals surface area contributed by atoms with Gasteiger partial charge in [0.15, 0.2) is 6.29 Å². The Labute approximate surface area is 76.8 Å². The number of rotatable bonds is 0. The van der Waals surface area contributed by atoms with Gasteiger partial charge in [-0.3, -0.25) is 4.79 Å². The number of nitriles is 1. The molecule has 0 unspecified atom stereocenters. The van der Waals surface area contributed by atoms with Crippen molar-refractivity contribution in [2.75, 3.05) is 0 Å². The number of hydrogen-bond acceptors (Lipinski definition) is 2. The molecule has 0 bridgehead atoms. The van der Waals surface area contributed by atoms with Gasteiger partial charge in [0.2, 0.25) is 0 Å². The highest BCUT2D eigenvalue weighted by atomic mass is 16.1. The van der Waals surface area contributed by atoms with Crippen molar-refractivity contribution in [2.45, 2.75) is 6.92 Å². The summed E-state index contributed by atoms with van der Waals surface area (Å²) in [5.41, 5.74) is 2.30. The summed E-state index contributed by atoms with van der Waals surface area (Å²) in [5.74, 6) is 5.02. The molecule has 0 N–H and O–H groups in total. The lowest BCUT2D eigenvalue weighted by atomic mass is 10.1. The minimum Gasteiger partial charge on any atom is -0.289 e. The van der Waals surface area contributed by atoms with E-state index in [1.54, 1.807) is 18.2 Å². The van der Waals surface area contributed by atoms with Crippen molar-refractivity contribution in [2.24, 2.45) is 0 Å². The number of benzene rings is 1. The second kappa shape index (κ2) is 4.09. The molecule has 0 aromatic heterocycles. The van der Waals surface area contributed by atoms with E-state index in [1.165, 1.54) is 0 Å². The maximum atomic E-state index is 9.99. The van der Waals surface area contributed by atoms with Gasteiger partial charge in [-0.05, 0) is 36.6 Å². The van der Waals surface area contributed by atoms with Gasteiger partial charge in [0, 0.05) is 5.56 Å². The van der Waals surface area contributed by atoms with Gasteiger partial charge in [-0.2, -0.15) is 5.26 Å².